The number of nitrogens with zero attached hydrogens (tertiary/aromatic N) is 2. The van der Waals surface area contributed by atoms with Crippen molar-refractivity contribution in [2.75, 3.05) is 58.5 Å². The van der Waals surface area contributed by atoms with E-state index >= 15 is 0 Å². The minimum atomic E-state index is -0.574. The van der Waals surface area contributed by atoms with Crippen LogP contribution in [-0.2, 0) is 11.3 Å². The van der Waals surface area contributed by atoms with Gasteiger partial charge in [-0.2, -0.15) is 0 Å². The van der Waals surface area contributed by atoms with Gasteiger partial charge in [-0.25, -0.2) is 4.39 Å². The van der Waals surface area contributed by atoms with Crippen LogP contribution in [0, 0.1) is 5.82 Å². The zero-order valence-corrected chi connectivity index (χ0v) is 18.2. The number of para-hydroxylation sites is 1. The summed E-state index contributed by atoms with van der Waals surface area (Å²) in [6, 6.07) is 12.5. The standard InChI is InChI=1S/C22H29FN2O4.ClH/c1-27-21-8-7-17(13-22(21)28-2)15-29-16-18(26)14-24-9-11-25(12-10-24)20-6-4-3-5-19(20)23;/h3-8,13,18,26H,9-12,14-16H2,1-2H3;1H. The topological polar surface area (TPSA) is 54.4 Å². The van der Waals surface area contributed by atoms with Gasteiger partial charge in [0.2, 0.25) is 0 Å². The molecule has 0 bridgehead atoms. The lowest BCUT2D eigenvalue weighted by Gasteiger charge is -2.37. The molecular formula is C22H30ClFN2O4. The van der Waals surface area contributed by atoms with Crippen molar-refractivity contribution in [2.45, 2.75) is 12.7 Å². The van der Waals surface area contributed by atoms with E-state index in [1.165, 1.54) is 6.07 Å². The molecule has 6 nitrogen and oxygen atoms in total. The fraction of sp³-hybridized carbons (Fsp3) is 0.455. The van der Waals surface area contributed by atoms with E-state index in [2.05, 4.69) is 4.90 Å². The van der Waals surface area contributed by atoms with Crippen molar-refractivity contribution in [3.05, 3.63) is 53.8 Å². The van der Waals surface area contributed by atoms with Crippen LogP contribution in [-0.4, -0.2) is 69.7 Å². The van der Waals surface area contributed by atoms with Crippen LogP contribution in [0.25, 0.3) is 0 Å². The summed E-state index contributed by atoms with van der Waals surface area (Å²) in [5.74, 6) is 1.14. The van der Waals surface area contributed by atoms with Crippen LogP contribution in [0.2, 0.25) is 0 Å². The molecule has 0 aromatic heterocycles. The average Bonchev–Trinajstić information content (AvgIpc) is 2.74. The van der Waals surface area contributed by atoms with Gasteiger partial charge in [-0.15, -0.1) is 12.4 Å². The Hall–Kier alpha value is -2.06. The lowest BCUT2D eigenvalue weighted by atomic mass is 10.2. The number of methoxy groups -OCH3 is 2. The molecule has 1 N–H and O–H groups in total. The first-order valence-electron chi connectivity index (χ1n) is 9.79. The monoisotopic (exact) mass is 440 g/mol. The second kappa shape index (κ2) is 12.0. The van der Waals surface area contributed by atoms with E-state index in [0.717, 1.165) is 31.7 Å². The zero-order valence-electron chi connectivity index (χ0n) is 17.4. The Morgan fingerprint density at radius 2 is 1.70 bits per heavy atom. The Labute approximate surface area is 183 Å². The van der Waals surface area contributed by atoms with Crippen molar-refractivity contribution >= 4 is 18.1 Å². The molecule has 2 aromatic rings. The molecule has 3 rings (SSSR count). The lowest BCUT2D eigenvalue weighted by Crippen LogP contribution is -2.49. The Bertz CT molecular complexity index is 787. The first-order valence-corrected chi connectivity index (χ1v) is 9.79. The van der Waals surface area contributed by atoms with Crippen LogP contribution in [0.15, 0.2) is 42.5 Å². The van der Waals surface area contributed by atoms with Crippen LogP contribution in [0.4, 0.5) is 10.1 Å². The minimum absolute atomic E-state index is 0. The number of piperazine rings is 1. The molecule has 0 amide bonds. The number of anilines is 1. The fourth-order valence-electron chi connectivity index (χ4n) is 3.51. The van der Waals surface area contributed by atoms with Crippen LogP contribution >= 0.6 is 12.4 Å². The van der Waals surface area contributed by atoms with Crippen molar-refractivity contribution in [2.24, 2.45) is 0 Å². The second-order valence-corrected chi connectivity index (χ2v) is 7.10. The molecule has 2 aromatic carbocycles. The summed E-state index contributed by atoms with van der Waals surface area (Å²) >= 11 is 0. The Kier molecular flexibility index (Phi) is 9.65. The Morgan fingerprint density at radius 1 is 1.00 bits per heavy atom. The van der Waals surface area contributed by atoms with Gasteiger partial charge in [0, 0.05) is 32.7 Å². The molecule has 8 heteroatoms. The molecule has 1 atom stereocenters. The molecule has 1 aliphatic rings. The zero-order chi connectivity index (χ0) is 20.6. The highest BCUT2D eigenvalue weighted by molar-refractivity contribution is 5.85. The molecule has 0 saturated carbocycles. The van der Waals surface area contributed by atoms with Crippen molar-refractivity contribution in [3.63, 3.8) is 0 Å². The van der Waals surface area contributed by atoms with Crippen molar-refractivity contribution in [1.29, 1.82) is 0 Å². The number of aliphatic hydroxyl groups excluding tert-OH is 1. The maximum Gasteiger partial charge on any atom is 0.161 e. The molecule has 166 valence electrons. The third-order valence-corrected chi connectivity index (χ3v) is 5.06. The smallest absolute Gasteiger partial charge is 0.161 e. The molecule has 0 radical (unpaired) electrons. The third-order valence-electron chi connectivity index (χ3n) is 5.06. The number of rotatable bonds is 9. The molecule has 1 heterocycles. The van der Waals surface area contributed by atoms with Gasteiger partial charge < -0.3 is 24.2 Å². The summed E-state index contributed by atoms with van der Waals surface area (Å²) in [6.45, 7) is 4.21. The van der Waals surface area contributed by atoms with E-state index in [4.69, 9.17) is 14.2 Å². The fourth-order valence-corrected chi connectivity index (χ4v) is 3.51. The minimum Gasteiger partial charge on any atom is -0.493 e. The van der Waals surface area contributed by atoms with Gasteiger partial charge in [0.1, 0.15) is 5.82 Å². The van der Waals surface area contributed by atoms with E-state index in [0.29, 0.717) is 30.3 Å². The van der Waals surface area contributed by atoms with Crippen LogP contribution in [0.1, 0.15) is 5.56 Å². The molecule has 1 saturated heterocycles. The quantitative estimate of drug-likeness (QED) is 0.647. The predicted molar refractivity (Wildman–Crippen MR) is 118 cm³/mol. The van der Waals surface area contributed by atoms with Gasteiger partial charge in [-0.05, 0) is 29.8 Å². The second-order valence-electron chi connectivity index (χ2n) is 7.10. The number of halogens is 2. The van der Waals surface area contributed by atoms with Gasteiger partial charge in [-0.1, -0.05) is 18.2 Å². The summed E-state index contributed by atoms with van der Waals surface area (Å²) in [7, 11) is 3.19. The molecule has 0 spiro atoms. The summed E-state index contributed by atoms with van der Waals surface area (Å²) in [4.78, 5) is 4.23. The van der Waals surface area contributed by atoms with E-state index in [9.17, 15) is 9.50 Å². The molecular weight excluding hydrogens is 411 g/mol. The van der Waals surface area contributed by atoms with E-state index in [-0.39, 0.29) is 24.8 Å². The van der Waals surface area contributed by atoms with E-state index in [1.54, 1.807) is 20.3 Å². The molecule has 1 unspecified atom stereocenters. The molecule has 30 heavy (non-hydrogen) atoms. The highest BCUT2D eigenvalue weighted by Crippen LogP contribution is 2.27. The van der Waals surface area contributed by atoms with Gasteiger partial charge in [0.25, 0.3) is 0 Å². The van der Waals surface area contributed by atoms with Crippen LogP contribution in [0.5, 0.6) is 11.5 Å². The maximum atomic E-state index is 13.9. The highest BCUT2D eigenvalue weighted by atomic mass is 35.5. The summed E-state index contributed by atoms with van der Waals surface area (Å²) in [5.41, 5.74) is 1.60. The SMILES string of the molecule is COc1ccc(COCC(O)CN2CCN(c3ccccc3F)CC2)cc1OC.Cl. The number of benzene rings is 2. The number of hydrogen-bond donors (Lipinski definition) is 1. The van der Waals surface area contributed by atoms with Crippen LogP contribution in [0.3, 0.4) is 0 Å². The Balaban J connectivity index is 0.00000320. The summed E-state index contributed by atoms with van der Waals surface area (Å²) < 4.78 is 30.1. The molecule has 0 aliphatic carbocycles. The first kappa shape index (κ1) is 24.2. The van der Waals surface area contributed by atoms with Gasteiger partial charge >= 0.3 is 0 Å². The van der Waals surface area contributed by atoms with E-state index in [1.807, 2.05) is 35.2 Å². The maximum absolute atomic E-state index is 13.9. The molecule has 1 fully saturated rings. The predicted octanol–water partition coefficient (Wildman–Crippen LogP) is 2.96. The largest absolute Gasteiger partial charge is 0.493 e. The van der Waals surface area contributed by atoms with Gasteiger partial charge in [-0.3, -0.25) is 4.90 Å². The number of aliphatic hydroxyl groups is 1. The number of β-amino-alcohol motifs (C(OH)–C–C–N with tert-alkyl or cyclic N) is 1. The summed E-state index contributed by atoms with van der Waals surface area (Å²) in [5, 5.41) is 10.3. The van der Waals surface area contributed by atoms with Crippen LogP contribution < -0.4 is 14.4 Å². The van der Waals surface area contributed by atoms with Gasteiger partial charge in [0.05, 0.1) is 39.2 Å². The average molecular weight is 441 g/mol. The third kappa shape index (κ3) is 6.47. The number of hydrogen-bond acceptors (Lipinski definition) is 6. The highest BCUT2D eigenvalue weighted by Gasteiger charge is 2.21. The van der Waals surface area contributed by atoms with Gasteiger partial charge in [0.15, 0.2) is 11.5 Å². The molecule has 1 aliphatic heterocycles. The van der Waals surface area contributed by atoms with E-state index < -0.39 is 6.10 Å². The van der Waals surface area contributed by atoms with Crippen molar-refractivity contribution in [1.82, 2.24) is 4.90 Å². The summed E-state index contributed by atoms with van der Waals surface area (Å²) in [6.07, 6.45) is -0.574. The lowest BCUT2D eigenvalue weighted by molar-refractivity contribution is 0.00907. The first-order chi connectivity index (χ1) is 14.1. The van der Waals surface area contributed by atoms with Crippen molar-refractivity contribution in [3.8, 4) is 11.5 Å². The number of ether oxygens (including phenoxy) is 3. The Morgan fingerprint density at radius 3 is 2.37 bits per heavy atom. The normalized spacial score (nSPS) is 15.4. The van der Waals surface area contributed by atoms with Crippen molar-refractivity contribution < 1.29 is 23.7 Å².